The molecule has 0 unspecified atom stereocenters. The van der Waals surface area contributed by atoms with Crippen molar-refractivity contribution in [3.63, 3.8) is 0 Å². The minimum absolute atomic E-state index is 0.123. The van der Waals surface area contributed by atoms with E-state index in [1.54, 1.807) is 25.1 Å². The quantitative estimate of drug-likeness (QED) is 0.476. The summed E-state index contributed by atoms with van der Waals surface area (Å²) in [5, 5.41) is 10.6. The summed E-state index contributed by atoms with van der Waals surface area (Å²) in [6, 6.07) is 9.49. The third kappa shape index (κ3) is 3.09. The Balaban J connectivity index is 1.85. The van der Waals surface area contributed by atoms with E-state index in [0.717, 1.165) is 16.7 Å². The van der Waals surface area contributed by atoms with Gasteiger partial charge in [-0.1, -0.05) is 18.2 Å². The highest BCUT2D eigenvalue weighted by molar-refractivity contribution is 8.18. The van der Waals surface area contributed by atoms with Crippen molar-refractivity contribution in [2.75, 3.05) is 0 Å². The fourth-order valence-corrected chi connectivity index (χ4v) is 3.11. The summed E-state index contributed by atoms with van der Waals surface area (Å²) in [5.41, 5.74) is 0.182. The fraction of sp³-hybridized carbons (Fsp3) is 0.125. The second-order valence-corrected chi connectivity index (χ2v) is 6.10. The lowest BCUT2D eigenvalue weighted by atomic mass is 10.1. The molecule has 1 fully saturated rings. The van der Waals surface area contributed by atoms with Crippen LogP contribution in [0, 0.1) is 17.0 Å². The highest BCUT2D eigenvalue weighted by Gasteiger charge is 2.36. The second kappa shape index (κ2) is 6.32. The van der Waals surface area contributed by atoms with Crippen molar-refractivity contribution < 1.29 is 18.9 Å². The molecule has 122 valence electrons. The van der Waals surface area contributed by atoms with Gasteiger partial charge in [0.25, 0.3) is 16.8 Å². The van der Waals surface area contributed by atoms with Crippen LogP contribution in [-0.4, -0.2) is 21.0 Å². The van der Waals surface area contributed by atoms with Crippen LogP contribution in [0.5, 0.6) is 0 Å². The van der Waals surface area contributed by atoms with Crippen molar-refractivity contribution in [2.45, 2.75) is 13.5 Å². The maximum atomic E-state index is 12.4. The van der Waals surface area contributed by atoms with Crippen LogP contribution in [0.15, 0.2) is 45.7 Å². The number of carbonyl (C=O) groups is 2. The Morgan fingerprint density at radius 2 is 2.00 bits per heavy atom. The van der Waals surface area contributed by atoms with E-state index < -0.39 is 16.1 Å². The largest absolute Gasteiger partial charge is 0.462 e. The molecule has 0 spiro atoms. The lowest BCUT2D eigenvalue weighted by Crippen LogP contribution is -2.27. The Morgan fingerprint density at radius 1 is 1.25 bits per heavy atom. The molecule has 2 aromatic rings. The third-order valence-corrected chi connectivity index (χ3v) is 4.33. The number of benzene rings is 1. The number of rotatable bonds is 4. The number of nitro benzene ring substituents is 1. The van der Waals surface area contributed by atoms with E-state index in [0.29, 0.717) is 17.1 Å². The van der Waals surface area contributed by atoms with E-state index in [2.05, 4.69) is 0 Å². The zero-order valence-corrected chi connectivity index (χ0v) is 13.4. The molecule has 1 aromatic heterocycles. The monoisotopic (exact) mass is 344 g/mol. The minimum Gasteiger partial charge on any atom is -0.462 e. The van der Waals surface area contributed by atoms with Gasteiger partial charge in [0, 0.05) is 17.7 Å². The van der Waals surface area contributed by atoms with Gasteiger partial charge in [-0.2, -0.15) is 0 Å². The summed E-state index contributed by atoms with van der Waals surface area (Å²) in [4.78, 5) is 36.3. The Kier molecular flexibility index (Phi) is 4.22. The van der Waals surface area contributed by atoms with Gasteiger partial charge in [0.15, 0.2) is 0 Å². The maximum Gasteiger partial charge on any atom is 0.293 e. The molecule has 2 heterocycles. The lowest BCUT2D eigenvalue weighted by Gasteiger charge is -2.12. The molecular formula is C16H12N2O5S. The smallest absolute Gasteiger partial charge is 0.293 e. The number of hydrogen-bond acceptors (Lipinski definition) is 6. The molecule has 0 radical (unpaired) electrons. The van der Waals surface area contributed by atoms with Crippen LogP contribution in [0.3, 0.4) is 0 Å². The third-order valence-electron chi connectivity index (χ3n) is 3.42. The fourth-order valence-electron chi connectivity index (χ4n) is 2.29. The molecule has 1 aliphatic rings. The molecule has 0 bridgehead atoms. The van der Waals surface area contributed by atoms with Gasteiger partial charge in [-0.05, 0) is 30.8 Å². The maximum absolute atomic E-state index is 12.4. The summed E-state index contributed by atoms with van der Waals surface area (Å²) < 4.78 is 5.37. The van der Waals surface area contributed by atoms with Gasteiger partial charge in [0.1, 0.15) is 11.5 Å². The Labute approximate surface area is 141 Å². The Hall–Kier alpha value is -2.87. The molecule has 0 saturated carbocycles. The molecule has 2 amide bonds. The summed E-state index contributed by atoms with van der Waals surface area (Å²) in [6.07, 6.45) is 1.50. The van der Waals surface area contributed by atoms with Gasteiger partial charge in [-0.15, -0.1) is 0 Å². The van der Waals surface area contributed by atoms with Crippen molar-refractivity contribution in [3.8, 4) is 0 Å². The summed E-state index contributed by atoms with van der Waals surface area (Å²) >= 11 is 0.788. The second-order valence-electron chi connectivity index (χ2n) is 5.10. The number of amides is 2. The van der Waals surface area contributed by atoms with Crippen LogP contribution >= 0.6 is 11.8 Å². The standard InChI is InChI=1S/C16H12N2O5S/c1-10-6-7-12(23-10)8-14-15(19)17(16(20)24-14)9-11-4-2-3-5-13(11)18(21)22/h2-8H,9H2,1H3/b14-8-. The summed E-state index contributed by atoms with van der Waals surface area (Å²) in [5.74, 6) is 0.682. The average molecular weight is 344 g/mol. The highest BCUT2D eigenvalue weighted by Crippen LogP contribution is 2.34. The number of nitro groups is 1. The number of aryl methyl sites for hydroxylation is 1. The van der Waals surface area contributed by atoms with Gasteiger partial charge >= 0.3 is 0 Å². The first-order valence-electron chi connectivity index (χ1n) is 7.00. The number of nitrogens with zero attached hydrogens (tertiary/aromatic N) is 2. The topological polar surface area (TPSA) is 93.7 Å². The van der Waals surface area contributed by atoms with Crippen molar-refractivity contribution in [1.82, 2.24) is 4.90 Å². The predicted octanol–water partition coefficient (Wildman–Crippen LogP) is 3.73. The molecule has 1 aromatic carbocycles. The van der Waals surface area contributed by atoms with Gasteiger partial charge in [0.05, 0.1) is 16.4 Å². The first-order chi connectivity index (χ1) is 11.5. The first-order valence-corrected chi connectivity index (χ1v) is 7.81. The lowest BCUT2D eigenvalue weighted by molar-refractivity contribution is -0.385. The number of furan rings is 1. The van der Waals surface area contributed by atoms with E-state index >= 15 is 0 Å². The van der Waals surface area contributed by atoms with Gasteiger partial charge < -0.3 is 4.42 Å². The molecule has 3 rings (SSSR count). The zero-order valence-electron chi connectivity index (χ0n) is 12.6. The summed E-state index contributed by atoms with van der Waals surface area (Å²) in [6.45, 7) is 1.63. The number of carbonyl (C=O) groups excluding carboxylic acids is 2. The van der Waals surface area contributed by atoms with Crippen molar-refractivity contribution >= 4 is 34.7 Å². The normalized spacial score (nSPS) is 16.2. The van der Waals surface area contributed by atoms with E-state index in [-0.39, 0.29) is 17.1 Å². The molecule has 7 nitrogen and oxygen atoms in total. The van der Waals surface area contributed by atoms with Crippen LogP contribution < -0.4 is 0 Å². The van der Waals surface area contributed by atoms with Crippen LogP contribution in [0.25, 0.3) is 6.08 Å². The first kappa shape index (κ1) is 16.0. The number of hydrogen-bond donors (Lipinski definition) is 0. The van der Waals surface area contributed by atoms with Crippen molar-refractivity contribution in [1.29, 1.82) is 0 Å². The molecular weight excluding hydrogens is 332 g/mol. The van der Waals surface area contributed by atoms with Crippen LogP contribution in [0.4, 0.5) is 10.5 Å². The average Bonchev–Trinajstić information content (AvgIpc) is 3.06. The Morgan fingerprint density at radius 3 is 2.67 bits per heavy atom. The van der Waals surface area contributed by atoms with Crippen LogP contribution in [0.2, 0.25) is 0 Å². The van der Waals surface area contributed by atoms with Gasteiger partial charge in [-0.3, -0.25) is 24.6 Å². The molecule has 0 atom stereocenters. The van der Waals surface area contributed by atoms with Crippen LogP contribution in [0.1, 0.15) is 17.1 Å². The Bertz CT molecular complexity index is 871. The SMILES string of the molecule is Cc1ccc(/C=C2\SC(=O)N(Cc3ccccc3[N+](=O)[O-])C2=O)o1. The van der Waals surface area contributed by atoms with Crippen LogP contribution in [-0.2, 0) is 11.3 Å². The van der Waals surface area contributed by atoms with Gasteiger partial charge in [0.2, 0.25) is 0 Å². The molecule has 1 aliphatic heterocycles. The van der Waals surface area contributed by atoms with Gasteiger partial charge in [-0.25, -0.2) is 0 Å². The number of imide groups is 1. The van der Waals surface area contributed by atoms with E-state index in [9.17, 15) is 19.7 Å². The molecule has 1 saturated heterocycles. The van der Waals surface area contributed by atoms with Crippen molar-refractivity contribution in [2.24, 2.45) is 0 Å². The van der Waals surface area contributed by atoms with E-state index in [1.807, 2.05) is 0 Å². The molecule has 0 aliphatic carbocycles. The molecule has 8 heteroatoms. The molecule has 0 N–H and O–H groups in total. The van der Waals surface area contributed by atoms with E-state index in [4.69, 9.17) is 4.42 Å². The predicted molar refractivity (Wildman–Crippen MR) is 88.1 cm³/mol. The van der Waals surface area contributed by atoms with Crippen molar-refractivity contribution in [3.05, 3.63) is 68.5 Å². The highest BCUT2D eigenvalue weighted by atomic mass is 32.2. The molecule has 24 heavy (non-hydrogen) atoms. The number of para-hydroxylation sites is 1. The number of thioether (sulfide) groups is 1. The minimum atomic E-state index is -0.532. The van der Waals surface area contributed by atoms with E-state index in [1.165, 1.54) is 24.3 Å². The zero-order chi connectivity index (χ0) is 17.3. The summed E-state index contributed by atoms with van der Waals surface area (Å²) in [7, 11) is 0.